The molecule has 1 aromatic carbocycles. The zero-order valence-corrected chi connectivity index (χ0v) is 9.50. The first-order chi connectivity index (χ1) is 8.06. The minimum Gasteiger partial charge on any atom is -0.506 e. The molecular formula is C10H14N4O3. The van der Waals surface area contributed by atoms with E-state index >= 15 is 0 Å². The zero-order valence-electron chi connectivity index (χ0n) is 9.50. The molecule has 0 spiro atoms. The summed E-state index contributed by atoms with van der Waals surface area (Å²) in [6, 6.07) is 3.48. The minimum atomic E-state index is -0.461. The molecule has 0 unspecified atom stereocenters. The van der Waals surface area contributed by atoms with Gasteiger partial charge in [-0.25, -0.2) is 9.59 Å². The molecule has 0 saturated heterocycles. The number of carbonyl (C=O) groups excluding carboxylic acids is 2. The Kier molecular flexibility index (Phi) is 4.15. The van der Waals surface area contributed by atoms with Crippen molar-refractivity contribution in [1.29, 1.82) is 0 Å². The van der Waals surface area contributed by atoms with E-state index in [9.17, 15) is 14.7 Å². The predicted octanol–water partition coefficient (Wildman–Crippen LogP) is 0.895. The molecule has 0 aliphatic carbocycles. The first-order valence-corrected chi connectivity index (χ1v) is 4.87. The summed E-state index contributed by atoms with van der Waals surface area (Å²) in [7, 11) is 2.94. The van der Waals surface area contributed by atoms with Crippen LogP contribution in [0.25, 0.3) is 0 Å². The predicted molar refractivity (Wildman–Crippen MR) is 64.3 cm³/mol. The highest BCUT2D eigenvalue weighted by atomic mass is 16.3. The van der Waals surface area contributed by atoms with Crippen LogP contribution in [0.2, 0.25) is 0 Å². The number of nitrogens with one attached hydrogen (secondary N) is 4. The van der Waals surface area contributed by atoms with Gasteiger partial charge in [0.1, 0.15) is 5.75 Å². The summed E-state index contributed by atoms with van der Waals surface area (Å²) in [5, 5.41) is 19.2. The van der Waals surface area contributed by atoms with Crippen LogP contribution in [0.3, 0.4) is 0 Å². The highest BCUT2D eigenvalue weighted by Crippen LogP contribution is 2.26. The summed E-state index contributed by atoms with van der Waals surface area (Å²) < 4.78 is 0. The first-order valence-electron chi connectivity index (χ1n) is 4.87. The second kappa shape index (κ2) is 5.59. The summed E-state index contributed by atoms with van der Waals surface area (Å²) in [5.74, 6) is -0.0870. The van der Waals surface area contributed by atoms with Gasteiger partial charge in [0.15, 0.2) is 0 Å². The lowest BCUT2D eigenvalue weighted by atomic mass is 10.2. The van der Waals surface area contributed by atoms with Crippen LogP contribution in [0, 0.1) is 0 Å². The molecule has 0 aliphatic rings. The van der Waals surface area contributed by atoms with Gasteiger partial charge in [-0.05, 0) is 18.2 Å². The Morgan fingerprint density at radius 1 is 1.06 bits per heavy atom. The van der Waals surface area contributed by atoms with E-state index < -0.39 is 6.03 Å². The highest BCUT2D eigenvalue weighted by Gasteiger charge is 2.07. The molecule has 0 atom stereocenters. The lowest BCUT2D eigenvalue weighted by Crippen LogP contribution is -2.25. The Morgan fingerprint density at radius 2 is 1.65 bits per heavy atom. The number of hydrogen-bond acceptors (Lipinski definition) is 3. The largest absolute Gasteiger partial charge is 0.506 e. The second-order valence-electron chi connectivity index (χ2n) is 3.14. The fraction of sp³-hybridized carbons (Fsp3) is 0.200. The van der Waals surface area contributed by atoms with Gasteiger partial charge >= 0.3 is 12.1 Å². The van der Waals surface area contributed by atoms with Crippen molar-refractivity contribution in [2.75, 3.05) is 24.7 Å². The van der Waals surface area contributed by atoms with E-state index in [4.69, 9.17) is 0 Å². The van der Waals surface area contributed by atoms with Crippen molar-refractivity contribution in [1.82, 2.24) is 10.6 Å². The van der Waals surface area contributed by atoms with Gasteiger partial charge in [-0.2, -0.15) is 0 Å². The monoisotopic (exact) mass is 238 g/mol. The molecule has 0 aliphatic heterocycles. The smallest absolute Gasteiger partial charge is 0.319 e. The molecule has 0 bridgehead atoms. The number of benzene rings is 1. The third-order valence-electron chi connectivity index (χ3n) is 1.96. The number of carbonyl (C=O) groups is 2. The zero-order chi connectivity index (χ0) is 12.8. The average Bonchev–Trinajstić information content (AvgIpc) is 2.33. The normalized spacial score (nSPS) is 9.29. The maximum absolute atomic E-state index is 11.1. The molecule has 4 amide bonds. The van der Waals surface area contributed by atoms with Crippen molar-refractivity contribution in [3.63, 3.8) is 0 Å². The minimum absolute atomic E-state index is 0.0870. The highest BCUT2D eigenvalue weighted by molar-refractivity contribution is 5.94. The van der Waals surface area contributed by atoms with Crippen molar-refractivity contribution < 1.29 is 14.7 Å². The fourth-order valence-corrected chi connectivity index (χ4v) is 1.09. The van der Waals surface area contributed by atoms with Gasteiger partial charge in [0.05, 0.1) is 5.69 Å². The fourth-order valence-electron chi connectivity index (χ4n) is 1.09. The molecule has 5 N–H and O–H groups in total. The van der Waals surface area contributed by atoms with Crippen LogP contribution in [0.15, 0.2) is 18.2 Å². The third-order valence-corrected chi connectivity index (χ3v) is 1.96. The van der Waals surface area contributed by atoms with E-state index in [0.29, 0.717) is 5.69 Å². The van der Waals surface area contributed by atoms with E-state index in [1.807, 2.05) is 0 Å². The lowest BCUT2D eigenvalue weighted by molar-refractivity contribution is 0.253. The van der Waals surface area contributed by atoms with Gasteiger partial charge in [0, 0.05) is 19.8 Å². The van der Waals surface area contributed by atoms with Crippen molar-refractivity contribution in [3.05, 3.63) is 18.2 Å². The van der Waals surface area contributed by atoms with Gasteiger partial charge < -0.3 is 26.4 Å². The number of rotatable bonds is 2. The van der Waals surface area contributed by atoms with Crippen molar-refractivity contribution >= 4 is 23.4 Å². The quantitative estimate of drug-likeness (QED) is 0.390. The molecule has 0 heterocycles. The Hall–Kier alpha value is -2.44. The van der Waals surface area contributed by atoms with Gasteiger partial charge in [-0.15, -0.1) is 0 Å². The maximum atomic E-state index is 11.1. The third kappa shape index (κ3) is 3.56. The first kappa shape index (κ1) is 12.6. The number of amides is 4. The van der Waals surface area contributed by atoms with Crippen LogP contribution in [0.4, 0.5) is 21.0 Å². The molecule has 7 nitrogen and oxygen atoms in total. The van der Waals surface area contributed by atoms with E-state index in [1.54, 1.807) is 0 Å². The SMILES string of the molecule is CNC(=O)Nc1ccc(O)c(NC(=O)NC)c1. The molecule has 1 aromatic rings. The molecule has 7 heteroatoms. The Labute approximate surface area is 98.2 Å². The van der Waals surface area contributed by atoms with Crippen LogP contribution in [0.5, 0.6) is 5.75 Å². The summed E-state index contributed by atoms with van der Waals surface area (Å²) in [6.07, 6.45) is 0. The van der Waals surface area contributed by atoms with Crippen molar-refractivity contribution in [2.24, 2.45) is 0 Å². The number of anilines is 2. The topological polar surface area (TPSA) is 102 Å². The van der Waals surface area contributed by atoms with Crippen LogP contribution in [-0.4, -0.2) is 31.3 Å². The van der Waals surface area contributed by atoms with Gasteiger partial charge in [-0.1, -0.05) is 0 Å². The van der Waals surface area contributed by atoms with Crippen LogP contribution in [0.1, 0.15) is 0 Å². The Balaban J connectivity index is 2.86. The molecule has 0 fully saturated rings. The van der Waals surface area contributed by atoms with Gasteiger partial charge in [0.2, 0.25) is 0 Å². The van der Waals surface area contributed by atoms with E-state index in [2.05, 4.69) is 21.3 Å². The summed E-state index contributed by atoms with van der Waals surface area (Å²) in [6.45, 7) is 0. The Morgan fingerprint density at radius 3 is 2.24 bits per heavy atom. The van der Waals surface area contributed by atoms with Crippen molar-refractivity contribution in [3.8, 4) is 5.75 Å². The maximum Gasteiger partial charge on any atom is 0.319 e. The average molecular weight is 238 g/mol. The summed E-state index contributed by atoms with van der Waals surface area (Å²) in [5.41, 5.74) is 0.659. The number of phenolic OH excluding ortho intramolecular Hbond substituents is 1. The Bertz CT molecular complexity index is 434. The standard InChI is InChI=1S/C10H14N4O3/c1-11-9(16)13-6-3-4-8(15)7(5-6)14-10(17)12-2/h3-5,15H,1-2H3,(H2,11,13,16)(H2,12,14,17). The van der Waals surface area contributed by atoms with Crippen molar-refractivity contribution in [2.45, 2.75) is 0 Å². The lowest BCUT2D eigenvalue weighted by Gasteiger charge is -2.09. The molecule has 17 heavy (non-hydrogen) atoms. The molecule has 0 saturated carbocycles. The molecule has 92 valence electrons. The number of urea groups is 2. The molecule has 0 aromatic heterocycles. The molecule has 1 rings (SSSR count). The van der Waals surface area contributed by atoms with Crippen LogP contribution in [-0.2, 0) is 0 Å². The van der Waals surface area contributed by atoms with Gasteiger partial charge in [-0.3, -0.25) is 0 Å². The molecule has 0 radical (unpaired) electrons. The summed E-state index contributed by atoms with van der Waals surface area (Å²) >= 11 is 0. The molecular weight excluding hydrogens is 224 g/mol. The van der Waals surface area contributed by atoms with Gasteiger partial charge in [0.25, 0.3) is 0 Å². The van der Waals surface area contributed by atoms with Crippen LogP contribution >= 0.6 is 0 Å². The number of phenols is 1. The number of hydrogen-bond donors (Lipinski definition) is 5. The number of aromatic hydroxyl groups is 1. The van der Waals surface area contributed by atoms with E-state index in [0.717, 1.165) is 0 Å². The van der Waals surface area contributed by atoms with Crippen LogP contribution < -0.4 is 21.3 Å². The van der Waals surface area contributed by atoms with E-state index in [-0.39, 0.29) is 17.5 Å². The summed E-state index contributed by atoms with van der Waals surface area (Å²) in [4.78, 5) is 22.2. The van der Waals surface area contributed by atoms with E-state index in [1.165, 1.54) is 32.3 Å². The second-order valence-corrected chi connectivity index (χ2v) is 3.14.